The average molecular weight is 349 g/mol. The van der Waals surface area contributed by atoms with Gasteiger partial charge in [0.1, 0.15) is 6.61 Å². The lowest BCUT2D eigenvalue weighted by Crippen LogP contribution is -2.18. The third-order valence-corrected chi connectivity index (χ3v) is 3.98. The van der Waals surface area contributed by atoms with Crippen molar-refractivity contribution in [3.8, 4) is 18.1 Å². The second-order valence-electron chi connectivity index (χ2n) is 5.93. The molecule has 1 N–H and O–H groups in total. The molecule has 0 bridgehead atoms. The quantitative estimate of drug-likeness (QED) is 0.703. The third kappa shape index (κ3) is 4.86. The molecular weight excluding hydrogens is 330 g/mol. The van der Waals surface area contributed by atoms with E-state index in [0.29, 0.717) is 37.4 Å². The van der Waals surface area contributed by atoms with E-state index < -0.39 is 5.66 Å². The van der Waals surface area contributed by atoms with E-state index in [9.17, 15) is 4.79 Å². The Bertz CT molecular complexity index is 823. The zero-order valence-electron chi connectivity index (χ0n) is 14.3. The second-order valence-corrected chi connectivity index (χ2v) is 5.93. The molecule has 2 aromatic heterocycles. The van der Waals surface area contributed by atoms with E-state index in [2.05, 4.69) is 31.4 Å². The fourth-order valence-corrected chi connectivity index (χ4v) is 2.42. The van der Waals surface area contributed by atoms with Gasteiger partial charge in [-0.2, -0.15) is 10.2 Å². The molecule has 2 aromatic rings. The number of pyridine rings is 2. The lowest BCUT2D eigenvalue weighted by atomic mass is 10.0. The van der Waals surface area contributed by atoms with Gasteiger partial charge in [0, 0.05) is 44.3 Å². The lowest BCUT2D eigenvalue weighted by molar-refractivity contribution is -0.116. The minimum absolute atomic E-state index is 0.158. The standard InChI is InChI=1S/C19H19N5O2/c1-2-3-9-19(23-24-19)10-6-17(25)22-18-16(5-4-11-21-18)26-14-15-7-12-20-13-8-15/h1,4-5,7-8,11-13H,3,6,9-10,14H2,(H,21,22,25). The smallest absolute Gasteiger partial charge is 0.225 e. The van der Waals surface area contributed by atoms with Crippen molar-refractivity contribution in [3.05, 3.63) is 48.4 Å². The molecule has 3 rings (SSSR count). The largest absolute Gasteiger partial charge is 0.485 e. The summed E-state index contributed by atoms with van der Waals surface area (Å²) in [7, 11) is 0. The number of carbonyl (C=O) groups is 1. The summed E-state index contributed by atoms with van der Waals surface area (Å²) in [6.45, 7) is 0.365. The number of nitrogens with one attached hydrogen (secondary N) is 1. The maximum Gasteiger partial charge on any atom is 0.225 e. The number of hydrogen-bond acceptors (Lipinski definition) is 6. The summed E-state index contributed by atoms with van der Waals surface area (Å²) >= 11 is 0. The van der Waals surface area contributed by atoms with Crippen LogP contribution in [-0.4, -0.2) is 21.5 Å². The van der Waals surface area contributed by atoms with Crippen LogP contribution in [0.2, 0.25) is 0 Å². The molecule has 1 aliphatic heterocycles. The number of hydrogen-bond donors (Lipinski definition) is 1. The Balaban J connectivity index is 1.53. The summed E-state index contributed by atoms with van der Waals surface area (Å²) in [5.74, 6) is 3.33. The number of nitrogens with zero attached hydrogens (tertiary/aromatic N) is 4. The predicted octanol–water partition coefficient (Wildman–Crippen LogP) is 3.35. The van der Waals surface area contributed by atoms with Crippen LogP contribution in [0.15, 0.2) is 53.1 Å². The van der Waals surface area contributed by atoms with Gasteiger partial charge in [0.2, 0.25) is 5.91 Å². The van der Waals surface area contributed by atoms with Gasteiger partial charge in [0.05, 0.1) is 0 Å². The zero-order chi connectivity index (χ0) is 18.2. The maximum atomic E-state index is 12.2. The summed E-state index contributed by atoms with van der Waals surface area (Å²) in [5, 5.41) is 10.9. The van der Waals surface area contributed by atoms with Crippen LogP contribution >= 0.6 is 0 Å². The molecule has 0 atom stereocenters. The van der Waals surface area contributed by atoms with Crippen LogP contribution in [0.1, 0.15) is 31.2 Å². The van der Waals surface area contributed by atoms with Crippen LogP contribution < -0.4 is 10.1 Å². The van der Waals surface area contributed by atoms with Gasteiger partial charge in [-0.25, -0.2) is 4.98 Å². The average Bonchev–Trinajstić information content (AvgIpc) is 3.45. The maximum absolute atomic E-state index is 12.2. The van der Waals surface area contributed by atoms with E-state index in [-0.39, 0.29) is 12.3 Å². The Kier molecular flexibility index (Phi) is 5.54. The van der Waals surface area contributed by atoms with Gasteiger partial charge in [-0.05, 0) is 29.8 Å². The highest BCUT2D eigenvalue weighted by atomic mass is 16.5. The highest BCUT2D eigenvalue weighted by Crippen LogP contribution is 2.37. The van der Waals surface area contributed by atoms with Gasteiger partial charge in [-0.3, -0.25) is 9.78 Å². The van der Waals surface area contributed by atoms with Crippen LogP contribution in [0.4, 0.5) is 5.82 Å². The number of terminal acetylenes is 1. The molecule has 26 heavy (non-hydrogen) atoms. The first-order chi connectivity index (χ1) is 12.7. The molecule has 132 valence electrons. The van der Waals surface area contributed by atoms with Crippen LogP contribution in [0.25, 0.3) is 0 Å². The van der Waals surface area contributed by atoms with Crippen molar-refractivity contribution >= 4 is 11.7 Å². The molecule has 0 unspecified atom stereocenters. The van der Waals surface area contributed by atoms with Gasteiger partial charge in [-0.15, -0.1) is 12.3 Å². The first-order valence-electron chi connectivity index (χ1n) is 8.35. The van der Waals surface area contributed by atoms with Crippen molar-refractivity contribution in [1.29, 1.82) is 0 Å². The molecule has 1 amide bonds. The van der Waals surface area contributed by atoms with Crippen molar-refractivity contribution in [3.63, 3.8) is 0 Å². The minimum Gasteiger partial charge on any atom is -0.485 e. The molecule has 0 aliphatic carbocycles. The SMILES string of the molecule is C#CCCC1(CCC(=O)Nc2ncccc2OCc2ccncc2)N=N1. The van der Waals surface area contributed by atoms with Crippen molar-refractivity contribution in [2.24, 2.45) is 10.2 Å². The number of rotatable bonds is 9. The highest BCUT2D eigenvalue weighted by molar-refractivity contribution is 5.91. The molecule has 7 heteroatoms. The first-order valence-corrected chi connectivity index (χ1v) is 8.35. The van der Waals surface area contributed by atoms with Crippen molar-refractivity contribution in [2.75, 3.05) is 5.32 Å². The first kappa shape index (κ1) is 17.5. The molecule has 0 spiro atoms. The molecule has 0 saturated carbocycles. The summed E-state index contributed by atoms with van der Waals surface area (Å²) in [6, 6.07) is 7.26. The summed E-state index contributed by atoms with van der Waals surface area (Å²) in [4.78, 5) is 20.4. The molecule has 3 heterocycles. The van der Waals surface area contributed by atoms with Crippen molar-refractivity contribution in [1.82, 2.24) is 9.97 Å². The monoisotopic (exact) mass is 349 g/mol. The Morgan fingerprint density at radius 3 is 2.73 bits per heavy atom. The lowest BCUT2D eigenvalue weighted by Gasteiger charge is -2.12. The van der Waals surface area contributed by atoms with Crippen LogP contribution in [0.5, 0.6) is 5.75 Å². The van der Waals surface area contributed by atoms with Crippen molar-refractivity contribution in [2.45, 2.75) is 38.0 Å². The molecule has 0 aromatic carbocycles. The van der Waals surface area contributed by atoms with Crippen molar-refractivity contribution < 1.29 is 9.53 Å². The Hall–Kier alpha value is -3.27. The minimum atomic E-state index is -0.464. The molecule has 7 nitrogen and oxygen atoms in total. The number of anilines is 1. The zero-order valence-corrected chi connectivity index (χ0v) is 14.3. The molecule has 0 fully saturated rings. The highest BCUT2D eigenvalue weighted by Gasteiger charge is 2.39. The summed E-state index contributed by atoms with van der Waals surface area (Å²) in [5.41, 5.74) is 0.516. The van der Waals surface area contributed by atoms with Gasteiger partial charge in [0.15, 0.2) is 17.2 Å². The van der Waals surface area contributed by atoms with E-state index in [1.807, 2.05) is 12.1 Å². The van der Waals surface area contributed by atoms with Gasteiger partial charge in [0.25, 0.3) is 0 Å². The topological polar surface area (TPSA) is 88.8 Å². The van der Waals surface area contributed by atoms with Crippen LogP contribution in [0.3, 0.4) is 0 Å². The van der Waals surface area contributed by atoms with Gasteiger partial charge in [-0.1, -0.05) is 0 Å². The summed E-state index contributed by atoms with van der Waals surface area (Å²) in [6.07, 6.45) is 12.4. The Morgan fingerprint density at radius 1 is 1.19 bits per heavy atom. The fraction of sp³-hybridized carbons (Fsp3) is 0.316. The van der Waals surface area contributed by atoms with E-state index in [1.165, 1.54) is 0 Å². The number of amides is 1. The molecule has 0 saturated heterocycles. The van der Waals surface area contributed by atoms with E-state index >= 15 is 0 Å². The number of carbonyl (C=O) groups excluding carboxylic acids is 1. The summed E-state index contributed by atoms with van der Waals surface area (Å²) < 4.78 is 5.77. The number of aromatic nitrogens is 2. The van der Waals surface area contributed by atoms with Gasteiger partial charge < -0.3 is 10.1 Å². The molecular formula is C19H19N5O2. The number of ether oxygens (including phenoxy) is 1. The van der Waals surface area contributed by atoms with E-state index in [4.69, 9.17) is 11.2 Å². The van der Waals surface area contributed by atoms with Crippen LogP contribution in [0, 0.1) is 12.3 Å². The normalized spacial score (nSPS) is 13.7. The third-order valence-electron chi connectivity index (χ3n) is 3.98. The Labute approximate surface area is 151 Å². The second kappa shape index (κ2) is 8.21. The fourth-order valence-electron chi connectivity index (χ4n) is 2.42. The van der Waals surface area contributed by atoms with E-state index in [0.717, 1.165) is 5.56 Å². The predicted molar refractivity (Wildman–Crippen MR) is 96.3 cm³/mol. The van der Waals surface area contributed by atoms with E-state index in [1.54, 1.807) is 30.7 Å². The van der Waals surface area contributed by atoms with Crippen LogP contribution in [-0.2, 0) is 11.4 Å². The van der Waals surface area contributed by atoms with Gasteiger partial charge >= 0.3 is 0 Å². The molecule has 0 radical (unpaired) electrons. The molecule has 1 aliphatic rings. The Morgan fingerprint density at radius 2 is 2.00 bits per heavy atom.